The molecular weight excluding hydrogens is 560 g/mol. The van der Waals surface area contributed by atoms with E-state index < -0.39 is 41.2 Å². The predicted octanol–water partition coefficient (Wildman–Crippen LogP) is 2.14. The molecule has 0 bridgehead atoms. The zero-order valence-electron chi connectivity index (χ0n) is 24.5. The summed E-state index contributed by atoms with van der Waals surface area (Å²) in [7, 11) is 1.15. The van der Waals surface area contributed by atoms with Crippen molar-refractivity contribution in [2.75, 3.05) is 25.6 Å². The molecule has 1 unspecified atom stereocenters. The molecule has 3 amide bonds. The Bertz CT molecular complexity index is 1550. The number of aliphatic hydroxyl groups is 1. The smallest absolute Gasteiger partial charge is 0.420 e. The Balaban J connectivity index is 1.82. The number of para-hydroxylation sites is 2. The number of allylic oxidation sites excluding steroid dienone is 1. The summed E-state index contributed by atoms with van der Waals surface area (Å²) in [6.07, 6.45) is 3.08. The summed E-state index contributed by atoms with van der Waals surface area (Å²) in [4.78, 5) is 67.7. The molecule has 0 fully saturated rings. The summed E-state index contributed by atoms with van der Waals surface area (Å²) in [5.74, 6) is -0.846. The molecule has 2 heterocycles. The fourth-order valence-corrected chi connectivity index (χ4v) is 3.98. The van der Waals surface area contributed by atoms with Gasteiger partial charge in [-0.2, -0.15) is 0 Å². The minimum Gasteiger partial charge on any atom is -0.453 e. The lowest BCUT2D eigenvalue weighted by Gasteiger charge is -2.20. The monoisotopic (exact) mass is 596 g/mol. The Hall–Kier alpha value is -4.98. The van der Waals surface area contributed by atoms with E-state index in [1.54, 1.807) is 51.1 Å². The van der Waals surface area contributed by atoms with Crippen molar-refractivity contribution in [1.82, 2.24) is 24.8 Å². The molecule has 1 atom stereocenters. The van der Waals surface area contributed by atoms with Crippen LogP contribution in [0.1, 0.15) is 39.4 Å². The van der Waals surface area contributed by atoms with Gasteiger partial charge in [0.05, 0.1) is 31.3 Å². The van der Waals surface area contributed by atoms with Crippen molar-refractivity contribution in [2.24, 2.45) is 0 Å². The topological polar surface area (TPSA) is 183 Å². The van der Waals surface area contributed by atoms with E-state index in [2.05, 4.69) is 25.7 Å². The van der Waals surface area contributed by atoms with E-state index >= 15 is 0 Å². The van der Waals surface area contributed by atoms with E-state index in [1.807, 2.05) is 0 Å². The quantitative estimate of drug-likeness (QED) is 0.241. The molecular formula is C29H36N6O8. The van der Waals surface area contributed by atoms with E-state index in [1.165, 1.54) is 33.5 Å². The Morgan fingerprint density at radius 3 is 2.56 bits per heavy atom. The zero-order chi connectivity index (χ0) is 31.6. The minimum absolute atomic E-state index is 0.0666. The number of nitrogens with zero attached hydrogens (tertiary/aromatic N) is 3. The second-order valence-corrected chi connectivity index (χ2v) is 10.4. The second-order valence-electron chi connectivity index (χ2n) is 10.4. The van der Waals surface area contributed by atoms with Crippen molar-refractivity contribution in [3.8, 4) is 0 Å². The number of methoxy groups -OCH3 is 1. The lowest BCUT2D eigenvalue weighted by atomic mass is 10.1. The number of hydrogen-bond acceptors (Lipinski definition) is 9. The van der Waals surface area contributed by atoms with Crippen LogP contribution in [0.3, 0.4) is 0 Å². The molecule has 3 rings (SSSR count). The van der Waals surface area contributed by atoms with Gasteiger partial charge in [0, 0.05) is 12.7 Å². The molecule has 0 saturated carbocycles. The van der Waals surface area contributed by atoms with Crippen LogP contribution in [0.4, 0.5) is 15.3 Å². The van der Waals surface area contributed by atoms with Crippen molar-refractivity contribution in [1.29, 1.82) is 0 Å². The van der Waals surface area contributed by atoms with Crippen molar-refractivity contribution >= 4 is 40.7 Å². The molecule has 0 aliphatic heterocycles. The Kier molecular flexibility index (Phi) is 11.2. The summed E-state index contributed by atoms with van der Waals surface area (Å²) >= 11 is 0. The number of carbonyl (C=O) groups is 4. The van der Waals surface area contributed by atoms with Gasteiger partial charge in [0.25, 0.3) is 5.56 Å². The van der Waals surface area contributed by atoms with Crippen LogP contribution in [0, 0.1) is 0 Å². The van der Waals surface area contributed by atoms with Crippen molar-refractivity contribution in [3.05, 3.63) is 70.9 Å². The van der Waals surface area contributed by atoms with Crippen LogP contribution in [-0.4, -0.2) is 75.1 Å². The van der Waals surface area contributed by atoms with Crippen LogP contribution in [0.15, 0.2) is 59.5 Å². The van der Waals surface area contributed by atoms with Gasteiger partial charge < -0.3 is 35.1 Å². The van der Waals surface area contributed by atoms with Crippen molar-refractivity contribution in [2.45, 2.75) is 51.8 Å². The molecule has 3 aromatic rings. The molecule has 14 nitrogen and oxygen atoms in total. The lowest BCUT2D eigenvalue weighted by molar-refractivity contribution is -0.118. The number of aromatic nitrogens is 3. The largest absolute Gasteiger partial charge is 0.453 e. The number of imidazole rings is 1. The average Bonchev–Trinajstić information content (AvgIpc) is 3.32. The number of carbonyl (C=O) groups excluding carboxylic acids is 4. The Morgan fingerprint density at radius 1 is 1.12 bits per heavy atom. The molecule has 0 saturated heterocycles. The van der Waals surface area contributed by atoms with Gasteiger partial charge in [-0.25, -0.2) is 19.1 Å². The SMILES string of the molecule is COC(=O)NC(CCC=CC(=O)NCCO)C(=O)Nc1cccn(Cc2nc3ccccc3n2C(=O)OC(C)(C)C)c1=O. The maximum absolute atomic E-state index is 13.4. The molecule has 1 aromatic carbocycles. The molecule has 230 valence electrons. The third-order valence-corrected chi connectivity index (χ3v) is 5.89. The van der Waals surface area contributed by atoms with Crippen LogP contribution in [0.25, 0.3) is 11.0 Å². The summed E-state index contributed by atoms with van der Waals surface area (Å²) in [6.45, 7) is 5.03. The molecule has 2 aromatic heterocycles. The summed E-state index contributed by atoms with van der Waals surface area (Å²) < 4.78 is 12.8. The van der Waals surface area contributed by atoms with Gasteiger partial charge in [0.1, 0.15) is 23.2 Å². The average molecular weight is 597 g/mol. The number of rotatable bonds is 11. The fourth-order valence-electron chi connectivity index (χ4n) is 3.98. The number of alkyl carbamates (subject to hydrolysis) is 1. The van der Waals surface area contributed by atoms with Crippen molar-refractivity contribution in [3.63, 3.8) is 0 Å². The van der Waals surface area contributed by atoms with Crippen LogP contribution in [0.5, 0.6) is 0 Å². The van der Waals surface area contributed by atoms with Gasteiger partial charge >= 0.3 is 12.2 Å². The number of amides is 3. The third kappa shape index (κ3) is 9.26. The van der Waals surface area contributed by atoms with Crippen molar-refractivity contribution < 1.29 is 33.8 Å². The van der Waals surface area contributed by atoms with Gasteiger partial charge in [0.15, 0.2) is 0 Å². The first kappa shape index (κ1) is 32.5. The van der Waals surface area contributed by atoms with Crippen LogP contribution >= 0.6 is 0 Å². The Labute approximate surface area is 247 Å². The van der Waals surface area contributed by atoms with Gasteiger partial charge in [-0.05, 0) is 64.0 Å². The summed E-state index contributed by atoms with van der Waals surface area (Å²) in [5, 5.41) is 16.2. The van der Waals surface area contributed by atoms with Gasteiger partial charge in [-0.1, -0.05) is 18.2 Å². The minimum atomic E-state index is -1.10. The van der Waals surface area contributed by atoms with E-state index in [4.69, 9.17) is 9.84 Å². The molecule has 0 aliphatic carbocycles. The van der Waals surface area contributed by atoms with E-state index in [0.29, 0.717) is 11.0 Å². The highest BCUT2D eigenvalue weighted by Crippen LogP contribution is 2.19. The number of ether oxygens (including phenoxy) is 2. The lowest BCUT2D eigenvalue weighted by Crippen LogP contribution is -2.44. The van der Waals surface area contributed by atoms with Crippen LogP contribution in [0.2, 0.25) is 0 Å². The van der Waals surface area contributed by atoms with Gasteiger partial charge in [0.2, 0.25) is 11.8 Å². The van der Waals surface area contributed by atoms with Gasteiger partial charge in [-0.15, -0.1) is 0 Å². The fraction of sp³-hybridized carbons (Fsp3) is 0.379. The highest BCUT2D eigenvalue weighted by Gasteiger charge is 2.25. The van der Waals surface area contributed by atoms with E-state index in [9.17, 15) is 24.0 Å². The molecule has 0 aliphatic rings. The number of benzene rings is 1. The highest BCUT2D eigenvalue weighted by atomic mass is 16.6. The number of nitrogens with one attached hydrogen (secondary N) is 3. The zero-order valence-corrected chi connectivity index (χ0v) is 24.5. The summed E-state index contributed by atoms with van der Waals surface area (Å²) in [5.41, 5.74) is -0.352. The molecule has 43 heavy (non-hydrogen) atoms. The number of anilines is 1. The molecule has 0 radical (unpaired) electrons. The Morgan fingerprint density at radius 2 is 1.86 bits per heavy atom. The number of hydrogen-bond donors (Lipinski definition) is 4. The first-order chi connectivity index (χ1) is 20.4. The maximum atomic E-state index is 13.4. The van der Waals surface area contributed by atoms with Gasteiger partial charge in [-0.3, -0.25) is 14.4 Å². The number of fused-ring (bicyclic) bond motifs is 1. The normalized spacial score (nSPS) is 12.1. The molecule has 14 heteroatoms. The first-order valence-electron chi connectivity index (χ1n) is 13.5. The molecule has 0 spiro atoms. The van der Waals surface area contributed by atoms with E-state index in [-0.39, 0.29) is 44.0 Å². The van der Waals surface area contributed by atoms with Crippen LogP contribution in [-0.2, 0) is 25.6 Å². The molecule has 4 N–H and O–H groups in total. The maximum Gasteiger partial charge on any atom is 0.420 e. The second kappa shape index (κ2) is 14.8. The number of aliphatic hydroxyl groups excluding tert-OH is 1. The summed E-state index contributed by atoms with van der Waals surface area (Å²) in [6, 6.07) is 8.87. The highest BCUT2D eigenvalue weighted by molar-refractivity contribution is 5.96. The predicted molar refractivity (Wildman–Crippen MR) is 158 cm³/mol. The van der Waals surface area contributed by atoms with E-state index in [0.717, 1.165) is 7.11 Å². The first-order valence-corrected chi connectivity index (χ1v) is 13.5. The standard InChI is InChI=1S/C29H36N6O8/c1-29(2,3)43-28(41)35-22-13-7-5-10-19(22)31-23(35)18-34-16-9-12-21(26(34)39)32-25(38)20(33-27(40)42-4)11-6-8-14-24(37)30-15-17-36/h5,7-10,12-14,16,20,36H,6,11,15,17-18H2,1-4H3,(H,30,37)(H,32,38)(H,33,40). The van der Waals surface area contributed by atoms with Crippen LogP contribution < -0.4 is 21.5 Å². The third-order valence-electron chi connectivity index (χ3n) is 5.89. The number of pyridine rings is 1.